The molecule has 5 heteroatoms. The highest BCUT2D eigenvalue weighted by molar-refractivity contribution is 5.78. The monoisotopic (exact) mass is 273 g/mol. The summed E-state index contributed by atoms with van der Waals surface area (Å²) in [6.07, 6.45) is 6.57. The molecule has 0 unspecified atom stereocenters. The quantitative estimate of drug-likeness (QED) is 0.924. The fourth-order valence-electron chi connectivity index (χ4n) is 2.74. The van der Waals surface area contributed by atoms with Gasteiger partial charge >= 0.3 is 0 Å². The Morgan fingerprint density at radius 3 is 2.95 bits per heavy atom. The van der Waals surface area contributed by atoms with Crippen molar-refractivity contribution in [2.45, 2.75) is 38.4 Å². The highest BCUT2D eigenvalue weighted by Crippen LogP contribution is 2.18. The van der Waals surface area contributed by atoms with E-state index >= 15 is 0 Å². The van der Waals surface area contributed by atoms with Crippen molar-refractivity contribution in [1.82, 2.24) is 14.9 Å². The van der Waals surface area contributed by atoms with Gasteiger partial charge in [-0.2, -0.15) is 0 Å². The minimum atomic E-state index is -0.0110. The van der Waals surface area contributed by atoms with Crippen LogP contribution in [0.25, 0.3) is 10.9 Å². The molecule has 1 saturated carbocycles. The summed E-state index contributed by atoms with van der Waals surface area (Å²) in [5.41, 5.74) is 0.662. The van der Waals surface area contributed by atoms with Crippen molar-refractivity contribution in [2.75, 3.05) is 7.11 Å². The number of hydrogen-bond donors (Lipinski definition) is 1. The van der Waals surface area contributed by atoms with E-state index in [-0.39, 0.29) is 5.56 Å². The van der Waals surface area contributed by atoms with Crippen LogP contribution in [-0.4, -0.2) is 22.7 Å². The second-order valence-corrected chi connectivity index (χ2v) is 5.25. The molecule has 3 rings (SSSR count). The van der Waals surface area contributed by atoms with Crippen molar-refractivity contribution in [3.63, 3.8) is 0 Å². The number of benzene rings is 1. The molecule has 0 spiro atoms. The first kappa shape index (κ1) is 13.1. The van der Waals surface area contributed by atoms with Gasteiger partial charge in [0, 0.05) is 12.1 Å². The zero-order chi connectivity index (χ0) is 13.9. The van der Waals surface area contributed by atoms with Gasteiger partial charge in [0.2, 0.25) is 0 Å². The molecule has 1 aliphatic carbocycles. The second kappa shape index (κ2) is 5.63. The van der Waals surface area contributed by atoms with Crippen LogP contribution in [0, 0.1) is 0 Å². The zero-order valence-electron chi connectivity index (χ0n) is 11.6. The Balaban J connectivity index is 1.84. The minimum Gasteiger partial charge on any atom is -0.497 e. The van der Waals surface area contributed by atoms with Gasteiger partial charge in [-0.15, -0.1) is 0 Å². The molecule has 1 N–H and O–H groups in total. The fraction of sp³-hybridized carbons (Fsp3) is 0.467. The lowest BCUT2D eigenvalue weighted by Gasteiger charge is -2.13. The molecular formula is C15H19N3O2. The third-order valence-electron chi connectivity index (χ3n) is 3.94. The maximum absolute atomic E-state index is 12.4. The van der Waals surface area contributed by atoms with E-state index in [0.717, 1.165) is 0 Å². The van der Waals surface area contributed by atoms with Gasteiger partial charge in [-0.25, -0.2) is 4.98 Å². The number of fused-ring (bicyclic) bond motifs is 1. The molecule has 0 radical (unpaired) electrons. The first-order valence-corrected chi connectivity index (χ1v) is 7.04. The Kier molecular flexibility index (Phi) is 3.69. The number of rotatable bonds is 4. The number of aromatic nitrogens is 2. The van der Waals surface area contributed by atoms with Crippen LogP contribution in [0.1, 0.15) is 25.7 Å². The summed E-state index contributed by atoms with van der Waals surface area (Å²) in [5, 5.41) is 4.05. The zero-order valence-corrected chi connectivity index (χ0v) is 11.6. The van der Waals surface area contributed by atoms with Crippen molar-refractivity contribution in [1.29, 1.82) is 0 Å². The molecule has 0 aliphatic heterocycles. The Labute approximate surface area is 117 Å². The van der Waals surface area contributed by atoms with Crippen LogP contribution in [-0.2, 0) is 6.67 Å². The fourth-order valence-corrected chi connectivity index (χ4v) is 2.74. The molecule has 1 heterocycles. The van der Waals surface area contributed by atoms with E-state index in [0.29, 0.717) is 29.4 Å². The van der Waals surface area contributed by atoms with Crippen molar-refractivity contribution in [3.05, 3.63) is 34.9 Å². The molecule has 0 saturated heterocycles. The Morgan fingerprint density at radius 2 is 2.20 bits per heavy atom. The van der Waals surface area contributed by atoms with E-state index in [2.05, 4.69) is 10.3 Å². The molecule has 0 amide bonds. The smallest absolute Gasteiger partial charge is 0.262 e. The van der Waals surface area contributed by atoms with Crippen molar-refractivity contribution < 1.29 is 4.74 Å². The average molecular weight is 273 g/mol. The third-order valence-corrected chi connectivity index (χ3v) is 3.94. The normalized spacial score (nSPS) is 15.8. The van der Waals surface area contributed by atoms with E-state index in [4.69, 9.17) is 4.74 Å². The van der Waals surface area contributed by atoms with Crippen LogP contribution >= 0.6 is 0 Å². The van der Waals surface area contributed by atoms with Gasteiger partial charge in [0.05, 0.1) is 31.0 Å². The number of ether oxygens (including phenoxy) is 1. The summed E-state index contributed by atoms with van der Waals surface area (Å²) in [4.78, 5) is 16.7. The molecule has 0 atom stereocenters. The van der Waals surface area contributed by atoms with Crippen molar-refractivity contribution >= 4 is 10.9 Å². The minimum absolute atomic E-state index is 0.0110. The molecule has 1 aromatic heterocycles. The molecule has 0 bridgehead atoms. The molecule has 106 valence electrons. The Hall–Kier alpha value is -1.88. The van der Waals surface area contributed by atoms with Crippen LogP contribution in [0.15, 0.2) is 29.3 Å². The molecule has 1 aromatic carbocycles. The lowest BCUT2D eigenvalue weighted by atomic mass is 10.2. The maximum atomic E-state index is 12.4. The number of nitrogens with one attached hydrogen (secondary N) is 1. The Bertz CT molecular complexity index is 660. The van der Waals surface area contributed by atoms with Gasteiger partial charge in [-0.1, -0.05) is 12.8 Å². The van der Waals surface area contributed by atoms with Gasteiger partial charge in [0.15, 0.2) is 0 Å². The molecular weight excluding hydrogens is 254 g/mol. The van der Waals surface area contributed by atoms with E-state index in [1.807, 2.05) is 0 Å². The number of hydrogen-bond acceptors (Lipinski definition) is 4. The number of methoxy groups -OCH3 is 1. The van der Waals surface area contributed by atoms with Crippen LogP contribution in [0.5, 0.6) is 5.75 Å². The molecule has 5 nitrogen and oxygen atoms in total. The summed E-state index contributed by atoms with van der Waals surface area (Å²) in [6, 6.07) is 5.88. The van der Waals surface area contributed by atoms with E-state index in [1.165, 1.54) is 25.7 Å². The largest absolute Gasteiger partial charge is 0.497 e. The van der Waals surface area contributed by atoms with Crippen LogP contribution in [0.4, 0.5) is 0 Å². The lowest BCUT2D eigenvalue weighted by Crippen LogP contribution is -2.33. The van der Waals surface area contributed by atoms with Crippen molar-refractivity contribution in [2.24, 2.45) is 0 Å². The predicted octanol–water partition coefficient (Wildman–Crippen LogP) is 1.89. The SMILES string of the molecule is COc1ccc2c(=O)n(CNC3CCCC3)cnc2c1. The third kappa shape index (κ3) is 2.54. The Morgan fingerprint density at radius 1 is 1.40 bits per heavy atom. The highest BCUT2D eigenvalue weighted by atomic mass is 16.5. The van der Waals surface area contributed by atoms with Crippen LogP contribution in [0.2, 0.25) is 0 Å². The lowest BCUT2D eigenvalue weighted by molar-refractivity contribution is 0.415. The first-order chi connectivity index (χ1) is 9.78. The number of nitrogens with zero attached hydrogens (tertiary/aromatic N) is 2. The summed E-state index contributed by atoms with van der Waals surface area (Å²) >= 11 is 0. The van der Waals surface area contributed by atoms with Crippen LogP contribution < -0.4 is 15.6 Å². The van der Waals surface area contributed by atoms with Gasteiger partial charge in [0.1, 0.15) is 5.75 Å². The topological polar surface area (TPSA) is 56.1 Å². The first-order valence-electron chi connectivity index (χ1n) is 7.04. The van der Waals surface area contributed by atoms with Gasteiger partial charge in [0.25, 0.3) is 5.56 Å². The molecule has 1 fully saturated rings. The van der Waals surface area contributed by atoms with Crippen LogP contribution in [0.3, 0.4) is 0 Å². The van der Waals surface area contributed by atoms with Gasteiger partial charge in [-0.3, -0.25) is 14.7 Å². The van der Waals surface area contributed by atoms with Gasteiger partial charge in [-0.05, 0) is 25.0 Å². The second-order valence-electron chi connectivity index (χ2n) is 5.25. The standard InChI is InChI=1S/C15H19N3O2/c1-20-12-6-7-13-14(8-12)17-10-18(15(13)19)9-16-11-4-2-3-5-11/h6-8,10-11,16H,2-5,9H2,1H3. The van der Waals surface area contributed by atoms with E-state index < -0.39 is 0 Å². The molecule has 1 aliphatic rings. The average Bonchev–Trinajstić information content (AvgIpc) is 2.99. The summed E-state index contributed by atoms with van der Waals surface area (Å²) < 4.78 is 6.78. The summed E-state index contributed by atoms with van der Waals surface area (Å²) in [7, 11) is 1.61. The van der Waals surface area contributed by atoms with E-state index in [9.17, 15) is 4.79 Å². The molecule has 20 heavy (non-hydrogen) atoms. The maximum Gasteiger partial charge on any atom is 0.262 e. The van der Waals surface area contributed by atoms with E-state index in [1.54, 1.807) is 36.2 Å². The predicted molar refractivity (Wildman–Crippen MR) is 77.9 cm³/mol. The highest BCUT2D eigenvalue weighted by Gasteiger charge is 2.14. The summed E-state index contributed by atoms with van der Waals surface area (Å²) in [6.45, 7) is 0.526. The summed E-state index contributed by atoms with van der Waals surface area (Å²) in [5.74, 6) is 0.714. The van der Waals surface area contributed by atoms with Gasteiger partial charge < -0.3 is 4.74 Å². The molecule has 2 aromatic rings. The van der Waals surface area contributed by atoms with Crippen molar-refractivity contribution in [3.8, 4) is 5.75 Å².